The van der Waals surface area contributed by atoms with Crippen LogP contribution in [0.2, 0.25) is 5.02 Å². The van der Waals surface area contributed by atoms with E-state index in [-0.39, 0.29) is 17.1 Å². The Morgan fingerprint density at radius 2 is 1.95 bits per heavy atom. The van der Waals surface area contributed by atoms with E-state index in [1.807, 2.05) is 0 Å². The van der Waals surface area contributed by atoms with E-state index in [1.165, 1.54) is 36.4 Å². The summed E-state index contributed by atoms with van der Waals surface area (Å²) in [7, 11) is -3.92. The molecular formula is C13H11BrClFN2O2S. The first-order chi connectivity index (χ1) is 9.83. The van der Waals surface area contributed by atoms with Gasteiger partial charge in [0.15, 0.2) is 0 Å². The van der Waals surface area contributed by atoms with Gasteiger partial charge in [-0.25, -0.2) is 12.8 Å². The summed E-state index contributed by atoms with van der Waals surface area (Å²) in [5.41, 5.74) is 5.85. The number of sulfonamides is 1. The second kappa shape index (κ2) is 6.31. The maximum atomic E-state index is 13.7. The van der Waals surface area contributed by atoms with Crippen LogP contribution in [0.25, 0.3) is 0 Å². The van der Waals surface area contributed by atoms with Gasteiger partial charge in [0.2, 0.25) is 0 Å². The van der Waals surface area contributed by atoms with Gasteiger partial charge in [0.25, 0.3) is 10.0 Å². The average molecular weight is 394 g/mol. The molecule has 2 aromatic carbocycles. The summed E-state index contributed by atoms with van der Waals surface area (Å²) in [5.74, 6) is -0.680. The SMILES string of the molecule is NCc1cc(S(=O)(=O)Nc2ccc(Br)cc2F)ccc1Cl. The summed E-state index contributed by atoms with van der Waals surface area (Å²) < 4.78 is 40.9. The second-order valence-electron chi connectivity index (χ2n) is 4.19. The van der Waals surface area contributed by atoms with Gasteiger partial charge in [-0.1, -0.05) is 27.5 Å². The number of hydrogen-bond donors (Lipinski definition) is 2. The average Bonchev–Trinajstić information content (AvgIpc) is 2.42. The molecule has 0 radical (unpaired) electrons. The maximum Gasteiger partial charge on any atom is 0.261 e. The summed E-state index contributed by atoms with van der Waals surface area (Å²) in [6.07, 6.45) is 0. The van der Waals surface area contributed by atoms with E-state index in [9.17, 15) is 12.8 Å². The lowest BCUT2D eigenvalue weighted by molar-refractivity contribution is 0.598. The second-order valence-corrected chi connectivity index (χ2v) is 7.19. The molecule has 0 aliphatic carbocycles. The minimum atomic E-state index is -3.92. The molecule has 112 valence electrons. The van der Waals surface area contributed by atoms with Crippen molar-refractivity contribution in [2.24, 2.45) is 5.73 Å². The van der Waals surface area contributed by atoms with Gasteiger partial charge in [-0.2, -0.15) is 0 Å². The van der Waals surface area contributed by atoms with Gasteiger partial charge in [0.1, 0.15) is 5.82 Å². The Labute approximate surface area is 135 Å². The summed E-state index contributed by atoms with van der Waals surface area (Å²) in [5, 5.41) is 0.381. The molecule has 0 fully saturated rings. The number of rotatable bonds is 4. The maximum absolute atomic E-state index is 13.7. The normalized spacial score (nSPS) is 11.4. The van der Waals surface area contributed by atoms with Crippen molar-refractivity contribution in [2.45, 2.75) is 11.4 Å². The lowest BCUT2D eigenvalue weighted by Crippen LogP contribution is -2.14. The number of halogens is 3. The Balaban J connectivity index is 2.38. The van der Waals surface area contributed by atoms with Crippen molar-refractivity contribution in [3.63, 3.8) is 0 Å². The van der Waals surface area contributed by atoms with E-state index in [4.69, 9.17) is 17.3 Å². The molecule has 3 N–H and O–H groups in total. The molecule has 0 saturated heterocycles. The van der Waals surface area contributed by atoms with Crippen LogP contribution in [0, 0.1) is 5.82 Å². The van der Waals surface area contributed by atoms with Crippen LogP contribution in [0.15, 0.2) is 45.8 Å². The van der Waals surface area contributed by atoms with Gasteiger partial charge >= 0.3 is 0 Å². The molecule has 0 amide bonds. The topological polar surface area (TPSA) is 72.2 Å². The van der Waals surface area contributed by atoms with Crippen LogP contribution in [0.1, 0.15) is 5.56 Å². The van der Waals surface area contributed by atoms with Gasteiger partial charge in [-0.3, -0.25) is 4.72 Å². The predicted molar refractivity (Wildman–Crippen MR) is 84.3 cm³/mol. The van der Waals surface area contributed by atoms with Crippen LogP contribution >= 0.6 is 27.5 Å². The first kappa shape index (κ1) is 16.2. The molecule has 0 bridgehead atoms. The van der Waals surface area contributed by atoms with E-state index in [0.717, 1.165) is 0 Å². The summed E-state index contributed by atoms with van der Waals surface area (Å²) in [6, 6.07) is 8.17. The Kier molecular flexibility index (Phi) is 4.88. The van der Waals surface area contributed by atoms with Crippen LogP contribution < -0.4 is 10.5 Å². The number of nitrogens with one attached hydrogen (secondary N) is 1. The third-order valence-corrected chi connectivity index (χ3v) is 4.95. The third kappa shape index (κ3) is 3.74. The fourth-order valence-corrected chi connectivity index (χ4v) is 3.30. The highest BCUT2D eigenvalue weighted by Gasteiger charge is 2.17. The minimum Gasteiger partial charge on any atom is -0.326 e. The fourth-order valence-electron chi connectivity index (χ4n) is 1.65. The number of benzene rings is 2. The Morgan fingerprint density at radius 1 is 1.24 bits per heavy atom. The van der Waals surface area contributed by atoms with Crippen molar-refractivity contribution in [3.8, 4) is 0 Å². The number of nitrogens with two attached hydrogens (primary N) is 1. The van der Waals surface area contributed by atoms with Gasteiger partial charge < -0.3 is 5.73 Å². The molecule has 0 aliphatic heterocycles. The molecule has 0 saturated carbocycles. The lowest BCUT2D eigenvalue weighted by atomic mass is 10.2. The van der Waals surface area contributed by atoms with Gasteiger partial charge in [0, 0.05) is 16.0 Å². The van der Waals surface area contributed by atoms with Crippen molar-refractivity contribution in [1.29, 1.82) is 0 Å². The van der Waals surface area contributed by atoms with E-state index in [0.29, 0.717) is 15.1 Å². The molecule has 0 spiro atoms. The van der Waals surface area contributed by atoms with Crippen molar-refractivity contribution < 1.29 is 12.8 Å². The zero-order chi connectivity index (χ0) is 15.6. The smallest absolute Gasteiger partial charge is 0.261 e. The summed E-state index contributed by atoms with van der Waals surface area (Å²) in [6.45, 7) is 0.106. The largest absolute Gasteiger partial charge is 0.326 e. The highest BCUT2D eigenvalue weighted by atomic mass is 79.9. The predicted octanol–water partition coefficient (Wildman–Crippen LogP) is 3.50. The lowest BCUT2D eigenvalue weighted by Gasteiger charge is -2.11. The third-order valence-electron chi connectivity index (χ3n) is 2.72. The summed E-state index contributed by atoms with van der Waals surface area (Å²) >= 11 is 8.99. The van der Waals surface area contributed by atoms with Crippen molar-refractivity contribution >= 4 is 43.2 Å². The van der Waals surface area contributed by atoms with Crippen molar-refractivity contribution in [2.75, 3.05) is 4.72 Å². The highest BCUT2D eigenvalue weighted by Crippen LogP contribution is 2.24. The van der Waals surface area contributed by atoms with Crippen LogP contribution in [0.4, 0.5) is 10.1 Å². The molecule has 2 aromatic rings. The van der Waals surface area contributed by atoms with E-state index >= 15 is 0 Å². The molecule has 8 heteroatoms. The molecule has 0 atom stereocenters. The van der Waals surface area contributed by atoms with Crippen LogP contribution in [-0.2, 0) is 16.6 Å². The van der Waals surface area contributed by atoms with Gasteiger partial charge in [0.05, 0.1) is 10.6 Å². The van der Waals surface area contributed by atoms with Crippen molar-refractivity contribution in [3.05, 3.63) is 57.3 Å². The van der Waals surface area contributed by atoms with Crippen LogP contribution in [0.5, 0.6) is 0 Å². The standard InChI is InChI=1S/C13H11BrClFN2O2S/c14-9-1-4-13(12(16)6-9)18-21(19,20)10-2-3-11(15)8(5-10)7-17/h1-6,18H,7,17H2. The quantitative estimate of drug-likeness (QED) is 0.835. The fraction of sp³-hybridized carbons (Fsp3) is 0.0769. The van der Waals surface area contributed by atoms with Crippen molar-refractivity contribution in [1.82, 2.24) is 0 Å². The zero-order valence-electron chi connectivity index (χ0n) is 10.6. The van der Waals surface area contributed by atoms with Gasteiger partial charge in [-0.15, -0.1) is 0 Å². The van der Waals surface area contributed by atoms with Gasteiger partial charge in [-0.05, 0) is 42.0 Å². The highest BCUT2D eigenvalue weighted by molar-refractivity contribution is 9.10. The molecule has 0 aromatic heterocycles. The molecule has 2 rings (SSSR count). The Morgan fingerprint density at radius 3 is 2.57 bits per heavy atom. The van der Waals surface area contributed by atoms with E-state index < -0.39 is 15.8 Å². The Bertz CT molecular complexity index is 784. The van der Waals surface area contributed by atoms with Crippen LogP contribution in [0.3, 0.4) is 0 Å². The molecule has 21 heavy (non-hydrogen) atoms. The van der Waals surface area contributed by atoms with E-state index in [1.54, 1.807) is 0 Å². The van der Waals surface area contributed by atoms with Crippen LogP contribution in [-0.4, -0.2) is 8.42 Å². The summed E-state index contributed by atoms with van der Waals surface area (Å²) in [4.78, 5) is -0.0327. The molecule has 0 unspecified atom stereocenters. The molecule has 0 aliphatic rings. The van der Waals surface area contributed by atoms with E-state index in [2.05, 4.69) is 20.7 Å². The number of anilines is 1. The first-order valence-corrected chi connectivity index (χ1v) is 8.45. The number of hydrogen-bond acceptors (Lipinski definition) is 3. The molecule has 4 nitrogen and oxygen atoms in total. The Hall–Kier alpha value is -1.15. The minimum absolute atomic E-state index is 0.0327. The first-order valence-electron chi connectivity index (χ1n) is 5.80. The molecule has 0 heterocycles. The molecular weight excluding hydrogens is 383 g/mol. The monoisotopic (exact) mass is 392 g/mol. The zero-order valence-corrected chi connectivity index (χ0v) is 13.8.